The molecule has 154 valence electrons. The fourth-order valence-electron chi connectivity index (χ4n) is 4.83. The van der Waals surface area contributed by atoms with Crippen LogP contribution >= 0.6 is 0 Å². The van der Waals surface area contributed by atoms with Crippen LogP contribution < -0.4 is 19.7 Å². The third kappa shape index (κ3) is 2.41. The minimum Gasteiger partial charge on any atom is -0.454 e. The molecule has 2 saturated heterocycles. The Labute approximate surface area is 171 Å². The number of benzene rings is 1. The Hall–Kier alpha value is -3.33. The fraction of sp³-hybridized carbons (Fsp3) is 0.381. The van der Waals surface area contributed by atoms with Crippen molar-refractivity contribution in [1.82, 2.24) is 10.5 Å². The quantitative estimate of drug-likeness (QED) is 0.760. The molecular weight excluding hydrogens is 390 g/mol. The molecule has 1 N–H and O–H groups in total. The molecule has 1 spiro atoms. The summed E-state index contributed by atoms with van der Waals surface area (Å²) in [5, 5.41) is 6.91. The third-order valence-corrected chi connectivity index (χ3v) is 6.20. The lowest BCUT2D eigenvalue weighted by Gasteiger charge is -2.23. The predicted octanol–water partition coefficient (Wildman–Crippen LogP) is 1.31. The Morgan fingerprint density at radius 3 is 3.00 bits per heavy atom. The molecule has 0 unspecified atom stereocenters. The van der Waals surface area contributed by atoms with E-state index in [2.05, 4.69) is 10.5 Å². The number of aryl methyl sites for hydroxylation is 1. The monoisotopic (exact) mass is 409 g/mol. The summed E-state index contributed by atoms with van der Waals surface area (Å²) < 4.78 is 21.9. The predicted molar refractivity (Wildman–Crippen MR) is 102 cm³/mol. The highest BCUT2D eigenvalue weighted by Gasteiger charge is 2.67. The molecule has 30 heavy (non-hydrogen) atoms. The number of carbonyl (C=O) groups is 2. The van der Waals surface area contributed by atoms with Gasteiger partial charge in [0.2, 0.25) is 18.6 Å². The summed E-state index contributed by atoms with van der Waals surface area (Å²) in [4.78, 5) is 27.9. The average molecular weight is 409 g/mol. The number of nitrogens with zero attached hydrogens (tertiary/aromatic N) is 2. The Balaban J connectivity index is 1.21. The molecule has 2 fully saturated rings. The summed E-state index contributed by atoms with van der Waals surface area (Å²) in [5.74, 6) is 0.872. The van der Waals surface area contributed by atoms with Crippen LogP contribution in [-0.2, 0) is 20.9 Å². The highest BCUT2D eigenvalue weighted by molar-refractivity contribution is 6.02. The van der Waals surface area contributed by atoms with E-state index >= 15 is 0 Å². The molecule has 4 atom stereocenters. The summed E-state index contributed by atoms with van der Waals surface area (Å²) in [7, 11) is 0. The third-order valence-electron chi connectivity index (χ3n) is 6.20. The van der Waals surface area contributed by atoms with Gasteiger partial charge in [0, 0.05) is 12.6 Å². The standard InChI is InChI=1S/C21H19N3O6/c1-11-6-16(23-30-11)24-9-21-5-4-14(29-21)17(18(21)20(24)26)19(25)22-8-12-2-3-13-15(7-12)28-10-27-13/h2-7,14,17-18H,8-10H2,1H3,(H,22,25)/t14-,17-,18+,21-/m1/s1. The van der Waals surface area contributed by atoms with E-state index in [0.29, 0.717) is 36.2 Å². The summed E-state index contributed by atoms with van der Waals surface area (Å²) in [6.07, 6.45) is 3.39. The van der Waals surface area contributed by atoms with Crippen molar-refractivity contribution in [1.29, 1.82) is 0 Å². The number of anilines is 1. The zero-order chi connectivity index (χ0) is 20.5. The second-order valence-corrected chi connectivity index (χ2v) is 8.03. The number of carbonyl (C=O) groups excluding carboxylic acids is 2. The van der Waals surface area contributed by atoms with Crippen molar-refractivity contribution >= 4 is 17.6 Å². The summed E-state index contributed by atoms with van der Waals surface area (Å²) in [6, 6.07) is 7.25. The lowest BCUT2D eigenvalue weighted by Crippen LogP contribution is -2.44. The molecule has 9 heteroatoms. The van der Waals surface area contributed by atoms with Crippen LogP contribution in [0.5, 0.6) is 11.5 Å². The molecule has 9 nitrogen and oxygen atoms in total. The Morgan fingerprint density at radius 2 is 2.17 bits per heavy atom. The highest BCUT2D eigenvalue weighted by Crippen LogP contribution is 2.52. The summed E-state index contributed by atoms with van der Waals surface area (Å²) in [5.41, 5.74) is 0.0920. The van der Waals surface area contributed by atoms with Crippen LogP contribution in [-0.4, -0.2) is 42.0 Å². The molecule has 4 aliphatic heterocycles. The molecule has 1 aromatic heterocycles. The number of hydrogen-bond donors (Lipinski definition) is 1. The molecule has 5 heterocycles. The number of ether oxygens (including phenoxy) is 3. The first-order chi connectivity index (χ1) is 14.5. The van der Waals surface area contributed by atoms with Crippen LogP contribution in [0.15, 0.2) is 40.9 Å². The highest BCUT2D eigenvalue weighted by atomic mass is 16.7. The maximum atomic E-state index is 13.2. The number of hydrogen-bond acceptors (Lipinski definition) is 7. The van der Waals surface area contributed by atoms with Crippen molar-refractivity contribution in [3.8, 4) is 11.5 Å². The maximum absolute atomic E-state index is 13.2. The van der Waals surface area contributed by atoms with Crippen molar-refractivity contribution in [2.24, 2.45) is 11.8 Å². The van der Waals surface area contributed by atoms with Gasteiger partial charge in [0.1, 0.15) is 11.4 Å². The smallest absolute Gasteiger partial charge is 0.235 e. The molecular formula is C21H19N3O6. The molecule has 2 bridgehead atoms. The van der Waals surface area contributed by atoms with E-state index < -0.39 is 23.5 Å². The number of fused-ring (bicyclic) bond motifs is 2. The number of aromatic nitrogens is 1. The first kappa shape index (κ1) is 17.5. The molecule has 0 aliphatic carbocycles. The van der Waals surface area contributed by atoms with Gasteiger partial charge < -0.3 is 24.1 Å². The van der Waals surface area contributed by atoms with Gasteiger partial charge in [0.15, 0.2) is 17.3 Å². The van der Waals surface area contributed by atoms with Crippen LogP contribution in [0.25, 0.3) is 0 Å². The Morgan fingerprint density at radius 1 is 1.30 bits per heavy atom. The van der Waals surface area contributed by atoms with Crippen LogP contribution in [0, 0.1) is 18.8 Å². The first-order valence-corrected chi connectivity index (χ1v) is 9.82. The zero-order valence-corrected chi connectivity index (χ0v) is 16.2. The van der Waals surface area contributed by atoms with Gasteiger partial charge in [-0.05, 0) is 24.6 Å². The molecule has 2 aromatic rings. The minimum atomic E-state index is -0.796. The van der Waals surface area contributed by atoms with Gasteiger partial charge in [-0.25, -0.2) is 0 Å². The van der Waals surface area contributed by atoms with Crippen molar-refractivity contribution in [2.75, 3.05) is 18.2 Å². The van der Waals surface area contributed by atoms with Gasteiger partial charge in [-0.1, -0.05) is 23.4 Å². The van der Waals surface area contributed by atoms with Gasteiger partial charge >= 0.3 is 0 Å². The van der Waals surface area contributed by atoms with Crippen molar-refractivity contribution in [3.05, 3.63) is 47.7 Å². The molecule has 6 rings (SSSR count). The fourth-order valence-corrected chi connectivity index (χ4v) is 4.83. The zero-order valence-electron chi connectivity index (χ0n) is 16.2. The number of amides is 2. The van der Waals surface area contributed by atoms with Gasteiger partial charge in [-0.3, -0.25) is 14.5 Å². The molecule has 1 aromatic carbocycles. The van der Waals surface area contributed by atoms with Gasteiger partial charge in [0.25, 0.3) is 0 Å². The second kappa shape index (κ2) is 6.09. The van der Waals surface area contributed by atoms with E-state index in [-0.39, 0.29) is 18.6 Å². The summed E-state index contributed by atoms with van der Waals surface area (Å²) in [6.45, 7) is 2.61. The van der Waals surface area contributed by atoms with E-state index in [1.165, 1.54) is 0 Å². The van der Waals surface area contributed by atoms with Gasteiger partial charge in [0.05, 0.1) is 24.5 Å². The molecule has 0 radical (unpaired) electrons. The van der Waals surface area contributed by atoms with Gasteiger partial charge in [-0.15, -0.1) is 0 Å². The Bertz CT molecular complexity index is 1090. The van der Waals surface area contributed by atoms with Gasteiger partial charge in [-0.2, -0.15) is 0 Å². The van der Waals surface area contributed by atoms with Crippen LogP contribution in [0.2, 0.25) is 0 Å². The molecule has 4 aliphatic rings. The minimum absolute atomic E-state index is 0.168. The van der Waals surface area contributed by atoms with Crippen LogP contribution in [0.3, 0.4) is 0 Å². The van der Waals surface area contributed by atoms with Crippen molar-refractivity contribution in [2.45, 2.75) is 25.2 Å². The lowest BCUT2D eigenvalue weighted by atomic mass is 9.77. The second-order valence-electron chi connectivity index (χ2n) is 8.03. The number of nitrogens with one attached hydrogen (secondary N) is 1. The molecule has 0 saturated carbocycles. The lowest BCUT2D eigenvalue weighted by molar-refractivity contribution is -0.132. The van der Waals surface area contributed by atoms with E-state index in [1.54, 1.807) is 17.9 Å². The SMILES string of the molecule is Cc1cc(N2C[C@@]34C=C[C@@H](O3)[C@@H](C(=O)NCc3ccc5c(c3)OCO5)[C@H]4C2=O)no1. The van der Waals surface area contributed by atoms with Crippen molar-refractivity contribution in [3.63, 3.8) is 0 Å². The average Bonchev–Trinajstić information content (AvgIpc) is 3.53. The van der Waals surface area contributed by atoms with E-state index in [9.17, 15) is 9.59 Å². The largest absolute Gasteiger partial charge is 0.454 e. The van der Waals surface area contributed by atoms with Crippen LogP contribution in [0.4, 0.5) is 5.82 Å². The normalized spacial score (nSPS) is 30.2. The number of rotatable bonds is 4. The maximum Gasteiger partial charge on any atom is 0.235 e. The van der Waals surface area contributed by atoms with E-state index in [0.717, 1.165) is 5.56 Å². The van der Waals surface area contributed by atoms with E-state index in [1.807, 2.05) is 30.4 Å². The first-order valence-electron chi connectivity index (χ1n) is 9.82. The van der Waals surface area contributed by atoms with Crippen molar-refractivity contribution < 1.29 is 28.3 Å². The molecule has 2 amide bonds. The summed E-state index contributed by atoms with van der Waals surface area (Å²) >= 11 is 0. The Kier molecular flexibility index (Phi) is 3.55. The van der Waals surface area contributed by atoms with Crippen LogP contribution in [0.1, 0.15) is 11.3 Å². The van der Waals surface area contributed by atoms with E-state index in [4.69, 9.17) is 18.7 Å². The topological polar surface area (TPSA) is 103 Å².